The van der Waals surface area contributed by atoms with Crippen molar-refractivity contribution in [3.8, 4) is 5.69 Å². The predicted molar refractivity (Wildman–Crippen MR) is 99.0 cm³/mol. The number of rotatable bonds is 4. The van der Waals surface area contributed by atoms with E-state index in [2.05, 4.69) is 0 Å². The number of aromatic nitrogens is 1. The Balaban J connectivity index is 2.27. The highest BCUT2D eigenvalue weighted by Crippen LogP contribution is 2.35. The summed E-state index contributed by atoms with van der Waals surface area (Å²) in [5, 5.41) is 0. The highest BCUT2D eigenvalue weighted by Gasteiger charge is 2.35. The zero-order chi connectivity index (χ0) is 18.9. The summed E-state index contributed by atoms with van der Waals surface area (Å²) in [4.78, 5) is 38.2. The minimum absolute atomic E-state index is 0.0505. The van der Waals surface area contributed by atoms with Crippen LogP contribution < -0.4 is 5.56 Å². The Bertz CT molecular complexity index is 910. The molecule has 5 nitrogen and oxygen atoms in total. The van der Waals surface area contributed by atoms with Crippen molar-refractivity contribution in [2.75, 3.05) is 6.61 Å². The first-order chi connectivity index (χ1) is 12.3. The first kappa shape index (κ1) is 18.1. The van der Waals surface area contributed by atoms with E-state index in [1.807, 2.05) is 39.0 Å². The maximum absolute atomic E-state index is 13.1. The van der Waals surface area contributed by atoms with Gasteiger partial charge in [0, 0.05) is 23.4 Å². The highest BCUT2D eigenvalue weighted by atomic mass is 16.5. The minimum atomic E-state index is -0.679. The average molecular weight is 353 g/mol. The van der Waals surface area contributed by atoms with E-state index in [1.165, 1.54) is 10.6 Å². The first-order valence-corrected chi connectivity index (χ1v) is 8.89. The third kappa shape index (κ3) is 3.34. The van der Waals surface area contributed by atoms with Crippen LogP contribution in [-0.2, 0) is 11.2 Å². The number of carbonyl (C=O) groups excluding carboxylic acids is 2. The average Bonchev–Trinajstić information content (AvgIpc) is 2.59. The van der Waals surface area contributed by atoms with Crippen LogP contribution in [0.5, 0.6) is 0 Å². The van der Waals surface area contributed by atoms with Crippen LogP contribution in [0.25, 0.3) is 5.69 Å². The van der Waals surface area contributed by atoms with Gasteiger partial charge in [-0.2, -0.15) is 0 Å². The lowest BCUT2D eigenvalue weighted by Crippen LogP contribution is -2.36. The van der Waals surface area contributed by atoms with Crippen molar-refractivity contribution >= 4 is 11.8 Å². The maximum atomic E-state index is 13.1. The summed E-state index contributed by atoms with van der Waals surface area (Å²) in [6.45, 7) is 6.14. The molecule has 0 amide bonds. The fourth-order valence-electron chi connectivity index (χ4n) is 3.38. The Hall–Kier alpha value is -2.69. The van der Waals surface area contributed by atoms with E-state index >= 15 is 0 Å². The molecular weight excluding hydrogens is 330 g/mol. The SMILES string of the molecule is CCCOC(=O)c1cc2c(n(-c3ccccc3)c1=O)CC(C)(C)CC2=O. The monoisotopic (exact) mass is 353 g/mol. The van der Waals surface area contributed by atoms with Crippen LogP contribution in [0, 0.1) is 5.41 Å². The molecule has 1 aromatic heterocycles. The Kier molecular flexibility index (Phi) is 4.81. The van der Waals surface area contributed by atoms with E-state index in [1.54, 1.807) is 12.1 Å². The molecule has 1 aliphatic carbocycles. The second-order valence-electron chi connectivity index (χ2n) is 7.47. The van der Waals surface area contributed by atoms with Crippen molar-refractivity contribution in [3.05, 3.63) is 63.6 Å². The number of carbonyl (C=O) groups is 2. The molecule has 1 aromatic carbocycles. The molecular formula is C21H23NO4. The van der Waals surface area contributed by atoms with E-state index in [4.69, 9.17) is 4.74 Å². The second kappa shape index (κ2) is 6.90. The lowest BCUT2D eigenvalue weighted by Gasteiger charge is -2.32. The fourth-order valence-corrected chi connectivity index (χ4v) is 3.38. The zero-order valence-corrected chi connectivity index (χ0v) is 15.4. The molecule has 0 spiro atoms. The molecule has 2 aromatic rings. The summed E-state index contributed by atoms with van der Waals surface area (Å²) < 4.78 is 6.65. The normalized spacial score (nSPS) is 15.4. The summed E-state index contributed by atoms with van der Waals surface area (Å²) in [6, 6.07) is 10.5. The van der Waals surface area contributed by atoms with Crippen LogP contribution in [0.2, 0.25) is 0 Å². The van der Waals surface area contributed by atoms with Crippen LogP contribution in [0.15, 0.2) is 41.2 Å². The van der Waals surface area contributed by atoms with Gasteiger partial charge in [0.1, 0.15) is 5.56 Å². The summed E-state index contributed by atoms with van der Waals surface area (Å²) in [5.74, 6) is -0.729. The summed E-state index contributed by atoms with van der Waals surface area (Å²) >= 11 is 0. The minimum Gasteiger partial charge on any atom is -0.462 e. The topological polar surface area (TPSA) is 65.4 Å². The molecule has 0 radical (unpaired) electrons. The second-order valence-corrected chi connectivity index (χ2v) is 7.47. The van der Waals surface area contributed by atoms with Gasteiger partial charge in [0.05, 0.1) is 6.61 Å². The summed E-state index contributed by atoms with van der Waals surface area (Å²) in [6.07, 6.45) is 1.63. The molecule has 3 rings (SSSR count). The molecule has 5 heteroatoms. The standard InChI is InChI=1S/C21H23NO4/c1-4-10-26-20(25)16-11-15-17(12-21(2,3)13-18(15)23)22(19(16)24)14-8-6-5-7-9-14/h5-9,11H,4,10,12-13H2,1-3H3. The van der Waals surface area contributed by atoms with Gasteiger partial charge < -0.3 is 4.74 Å². The van der Waals surface area contributed by atoms with E-state index in [0.717, 1.165) is 0 Å². The highest BCUT2D eigenvalue weighted by molar-refractivity contribution is 6.01. The van der Waals surface area contributed by atoms with Crippen LogP contribution in [0.3, 0.4) is 0 Å². The van der Waals surface area contributed by atoms with Gasteiger partial charge in [0.2, 0.25) is 0 Å². The van der Waals surface area contributed by atoms with Gasteiger partial charge in [0.25, 0.3) is 5.56 Å². The smallest absolute Gasteiger partial charge is 0.343 e. The molecule has 0 N–H and O–H groups in total. The molecule has 0 bridgehead atoms. The number of Topliss-reactive ketones (excluding diaryl/α,β-unsaturated/α-hetero) is 1. The van der Waals surface area contributed by atoms with Crippen molar-refractivity contribution in [1.82, 2.24) is 4.57 Å². The largest absolute Gasteiger partial charge is 0.462 e. The van der Waals surface area contributed by atoms with Crippen molar-refractivity contribution in [2.24, 2.45) is 5.41 Å². The number of ketones is 1. The van der Waals surface area contributed by atoms with Crippen molar-refractivity contribution in [3.63, 3.8) is 0 Å². The van der Waals surface area contributed by atoms with Gasteiger partial charge in [-0.1, -0.05) is 39.0 Å². The molecule has 0 fully saturated rings. The van der Waals surface area contributed by atoms with Crippen molar-refractivity contribution in [2.45, 2.75) is 40.0 Å². The molecule has 26 heavy (non-hydrogen) atoms. The number of pyridine rings is 1. The Morgan fingerprint density at radius 3 is 2.50 bits per heavy atom. The Morgan fingerprint density at radius 2 is 1.85 bits per heavy atom. The molecule has 136 valence electrons. The molecule has 1 heterocycles. The zero-order valence-electron chi connectivity index (χ0n) is 15.4. The number of nitrogens with zero attached hydrogens (tertiary/aromatic N) is 1. The number of hydrogen-bond acceptors (Lipinski definition) is 4. The first-order valence-electron chi connectivity index (χ1n) is 8.89. The molecule has 0 saturated carbocycles. The molecule has 1 aliphatic rings. The van der Waals surface area contributed by atoms with Gasteiger partial charge in [-0.25, -0.2) is 4.79 Å². The molecule has 0 aliphatic heterocycles. The van der Waals surface area contributed by atoms with Crippen molar-refractivity contribution < 1.29 is 14.3 Å². The maximum Gasteiger partial charge on any atom is 0.343 e. The van der Waals surface area contributed by atoms with E-state index in [-0.39, 0.29) is 23.4 Å². The van der Waals surface area contributed by atoms with Crippen LogP contribution in [0.1, 0.15) is 60.0 Å². The number of hydrogen-bond donors (Lipinski definition) is 0. The third-order valence-corrected chi connectivity index (χ3v) is 4.56. The van der Waals surface area contributed by atoms with Crippen molar-refractivity contribution in [1.29, 1.82) is 0 Å². The Labute approximate surface area is 152 Å². The van der Waals surface area contributed by atoms with Crippen LogP contribution >= 0.6 is 0 Å². The summed E-state index contributed by atoms with van der Waals surface area (Å²) in [5.41, 5.74) is 0.975. The van der Waals surface area contributed by atoms with E-state index in [0.29, 0.717) is 36.2 Å². The van der Waals surface area contributed by atoms with Gasteiger partial charge >= 0.3 is 5.97 Å². The number of ether oxygens (including phenoxy) is 1. The number of fused-ring (bicyclic) bond motifs is 1. The van der Waals surface area contributed by atoms with Gasteiger partial charge in [0.15, 0.2) is 5.78 Å². The predicted octanol–water partition coefficient (Wildman–Crippen LogP) is 3.56. The molecule has 0 unspecified atom stereocenters. The lowest BCUT2D eigenvalue weighted by atomic mass is 9.75. The lowest BCUT2D eigenvalue weighted by molar-refractivity contribution is 0.0502. The van der Waals surface area contributed by atoms with Gasteiger partial charge in [-0.05, 0) is 36.5 Å². The van der Waals surface area contributed by atoms with Crippen LogP contribution in [-0.4, -0.2) is 22.9 Å². The number of para-hydroxylation sites is 1. The van der Waals surface area contributed by atoms with E-state index < -0.39 is 11.5 Å². The molecule has 0 atom stereocenters. The fraction of sp³-hybridized carbons (Fsp3) is 0.381. The van der Waals surface area contributed by atoms with Crippen LogP contribution in [0.4, 0.5) is 0 Å². The number of benzene rings is 1. The Morgan fingerprint density at radius 1 is 1.15 bits per heavy atom. The number of esters is 1. The van der Waals surface area contributed by atoms with Gasteiger partial charge in [-0.15, -0.1) is 0 Å². The molecule has 0 saturated heterocycles. The summed E-state index contributed by atoms with van der Waals surface area (Å²) in [7, 11) is 0. The van der Waals surface area contributed by atoms with E-state index in [9.17, 15) is 14.4 Å². The third-order valence-electron chi connectivity index (χ3n) is 4.56. The quantitative estimate of drug-likeness (QED) is 0.789. The van der Waals surface area contributed by atoms with Gasteiger partial charge in [-0.3, -0.25) is 14.2 Å².